The zero-order valence-corrected chi connectivity index (χ0v) is 20.8. The van der Waals surface area contributed by atoms with E-state index in [0.29, 0.717) is 17.0 Å². The Labute approximate surface area is 216 Å². The van der Waals surface area contributed by atoms with Gasteiger partial charge in [0.05, 0.1) is 24.4 Å². The lowest BCUT2D eigenvalue weighted by Gasteiger charge is -2.17. The van der Waals surface area contributed by atoms with Gasteiger partial charge in [-0.25, -0.2) is 15.0 Å². The van der Waals surface area contributed by atoms with Crippen LogP contribution in [0.2, 0.25) is 0 Å². The Hall–Kier alpha value is -4.41. The van der Waals surface area contributed by atoms with E-state index in [4.69, 9.17) is 4.74 Å². The summed E-state index contributed by atoms with van der Waals surface area (Å²) < 4.78 is 45.0. The number of nitrogens with one attached hydrogen (secondary N) is 2. The van der Waals surface area contributed by atoms with Crippen molar-refractivity contribution in [3.63, 3.8) is 0 Å². The van der Waals surface area contributed by atoms with Crippen LogP contribution < -0.4 is 20.3 Å². The van der Waals surface area contributed by atoms with Crippen LogP contribution in [0.1, 0.15) is 34.3 Å². The van der Waals surface area contributed by atoms with Crippen molar-refractivity contribution in [1.29, 1.82) is 0 Å². The fourth-order valence-electron chi connectivity index (χ4n) is 4.40. The normalized spacial score (nSPS) is 13.6. The van der Waals surface area contributed by atoms with E-state index < -0.39 is 17.6 Å². The third kappa shape index (κ3) is 5.17. The second-order valence-electron chi connectivity index (χ2n) is 9.00. The van der Waals surface area contributed by atoms with Gasteiger partial charge in [0.15, 0.2) is 0 Å². The Morgan fingerprint density at radius 2 is 1.82 bits per heavy atom. The summed E-state index contributed by atoms with van der Waals surface area (Å²) in [5.74, 6) is 0.538. The molecular weight excluding hydrogens is 497 g/mol. The molecular formula is C27H25F3N6O2. The van der Waals surface area contributed by atoms with Crippen molar-refractivity contribution in [2.24, 2.45) is 0 Å². The molecule has 4 aromatic rings. The van der Waals surface area contributed by atoms with Crippen LogP contribution in [0.3, 0.4) is 0 Å². The minimum atomic E-state index is -4.63. The predicted octanol–water partition coefficient (Wildman–Crippen LogP) is 5.96. The average Bonchev–Trinajstić information content (AvgIpc) is 3.44. The van der Waals surface area contributed by atoms with Crippen LogP contribution in [0.25, 0.3) is 10.9 Å². The number of aromatic nitrogens is 3. The molecule has 0 saturated carbocycles. The van der Waals surface area contributed by atoms with Crippen molar-refractivity contribution < 1.29 is 22.7 Å². The van der Waals surface area contributed by atoms with E-state index in [1.807, 2.05) is 13.0 Å². The Kier molecular flexibility index (Phi) is 6.75. The van der Waals surface area contributed by atoms with E-state index in [1.165, 1.54) is 18.5 Å². The Bertz CT molecular complexity index is 1500. The topological polar surface area (TPSA) is 92.3 Å². The number of halogens is 3. The average molecular weight is 523 g/mol. The summed E-state index contributed by atoms with van der Waals surface area (Å²) in [6.45, 7) is 3.78. The Morgan fingerprint density at radius 1 is 1.03 bits per heavy atom. The Morgan fingerprint density at radius 3 is 2.55 bits per heavy atom. The number of hydrogen-bond donors (Lipinski definition) is 2. The molecule has 1 amide bonds. The molecule has 3 heterocycles. The quantitative estimate of drug-likeness (QED) is 0.323. The molecule has 0 unspecified atom stereocenters. The van der Waals surface area contributed by atoms with Crippen molar-refractivity contribution >= 4 is 39.8 Å². The lowest BCUT2D eigenvalue weighted by molar-refractivity contribution is -0.138. The number of carbonyl (C=O) groups excluding carboxylic acids is 1. The lowest BCUT2D eigenvalue weighted by atomic mass is 10.1. The van der Waals surface area contributed by atoms with Crippen LogP contribution in [-0.2, 0) is 6.18 Å². The molecule has 5 rings (SSSR count). The number of benzene rings is 2. The summed E-state index contributed by atoms with van der Waals surface area (Å²) in [5, 5.41) is 6.62. The molecule has 2 N–H and O–H groups in total. The second kappa shape index (κ2) is 10.2. The highest BCUT2D eigenvalue weighted by atomic mass is 19.4. The van der Waals surface area contributed by atoms with Crippen LogP contribution in [0.4, 0.5) is 36.2 Å². The van der Waals surface area contributed by atoms with E-state index in [1.54, 1.807) is 24.4 Å². The summed E-state index contributed by atoms with van der Waals surface area (Å²) in [6.07, 6.45) is 0.778. The van der Waals surface area contributed by atoms with Gasteiger partial charge in [0.1, 0.15) is 23.7 Å². The van der Waals surface area contributed by atoms with Gasteiger partial charge in [0.2, 0.25) is 0 Å². The molecule has 2 aromatic carbocycles. The molecule has 1 aliphatic heterocycles. The monoisotopic (exact) mass is 522 g/mol. The number of anilines is 4. The van der Waals surface area contributed by atoms with E-state index in [-0.39, 0.29) is 17.0 Å². The summed E-state index contributed by atoms with van der Waals surface area (Å²) in [6, 6.07) is 10.3. The third-order valence-electron chi connectivity index (χ3n) is 6.45. The molecule has 1 fully saturated rings. The van der Waals surface area contributed by atoms with Gasteiger partial charge >= 0.3 is 6.18 Å². The number of hydrogen-bond acceptors (Lipinski definition) is 7. The first kappa shape index (κ1) is 25.2. The van der Waals surface area contributed by atoms with Crippen molar-refractivity contribution in [3.05, 3.63) is 71.7 Å². The first-order chi connectivity index (χ1) is 18.2. The van der Waals surface area contributed by atoms with Crippen molar-refractivity contribution in [1.82, 2.24) is 15.0 Å². The maximum atomic E-state index is 13.4. The van der Waals surface area contributed by atoms with E-state index in [2.05, 4.69) is 30.5 Å². The Balaban J connectivity index is 1.41. The van der Waals surface area contributed by atoms with E-state index in [0.717, 1.165) is 55.9 Å². The zero-order chi connectivity index (χ0) is 26.9. The highest BCUT2D eigenvalue weighted by Crippen LogP contribution is 2.38. The number of nitrogens with zero attached hydrogens (tertiary/aromatic N) is 4. The molecule has 2 aromatic heterocycles. The second-order valence-corrected chi connectivity index (χ2v) is 9.00. The van der Waals surface area contributed by atoms with E-state index >= 15 is 0 Å². The number of alkyl halides is 3. The first-order valence-corrected chi connectivity index (χ1v) is 12.0. The summed E-state index contributed by atoms with van der Waals surface area (Å²) in [7, 11) is 1.16. The van der Waals surface area contributed by atoms with E-state index in [9.17, 15) is 18.0 Å². The number of ether oxygens (including phenoxy) is 1. The number of carbonyl (C=O) groups is 1. The molecule has 8 nitrogen and oxygen atoms in total. The van der Waals surface area contributed by atoms with Gasteiger partial charge in [0.25, 0.3) is 5.91 Å². The minimum absolute atomic E-state index is 0.00180. The van der Waals surface area contributed by atoms with Crippen LogP contribution in [0.15, 0.2) is 55.0 Å². The fraction of sp³-hybridized carbons (Fsp3) is 0.259. The summed E-state index contributed by atoms with van der Waals surface area (Å²) in [4.78, 5) is 28.4. The molecule has 11 heteroatoms. The maximum absolute atomic E-state index is 13.4. The number of amides is 1. The van der Waals surface area contributed by atoms with Gasteiger partial charge in [-0.05, 0) is 61.7 Å². The van der Waals surface area contributed by atoms with Crippen LogP contribution in [-0.4, -0.2) is 41.1 Å². The van der Waals surface area contributed by atoms with Crippen LogP contribution in [0.5, 0.6) is 5.75 Å². The highest BCUT2D eigenvalue weighted by Gasteiger charge is 2.34. The first-order valence-electron chi connectivity index (χ1n) is 12.0. The summed E-state index contributed by atoms with van der Waals surface area (Å²) in [5.41, 5.74) is 1.45. The molecule has 0 radical (unpaired) electrons. The van der Waals surface area contributed by atoms with Crippen molar-refractivity contribution in [2.75, 3.05) is 35.7 Å². The zero-order valence-electron chi connectivity index (χ0n) is 20.8. The number of rotatable bonds is 6. The van der Waals surface area contributed by atoms with Crippen LogP contribution >= 0.6 is 0 Å². The van der Waals surface area contributed by atoms with Gasteiger partial charge in [-0.2, -0.15) is 13.2 Å². The predicted molar refractivity (Wildman–Crippen MR) is 139 cm³/mol. The molecule has 0 atom stereocenters. The lowest BCUT2D eigenvalue weighted by Crippen LogP contribution is -2.18. The summed E-state index contributed by atoms with van der Waals surface area (Å²) >= 11 is 0. The van der Waals surface area contributed by atoms with Gasteiger partial charge in [-0.3, -0.25) is 4.79 Å². The molecule has 0 bridgehead atoms. The van der Waals surface area contributed by atoms with Gasteiger partial charge in [0, 0.05) is 35.4 Å². The largest absolute Gasteiger partial charge is 0.496 e. The smallest absolute Gasteiger partial charge is 0.420 e. The molecule has 0 aliphatic carbocycles. The van der Waals surface area contributed by atoms with Crippen molar-refractivity contribution in [2.45, 2.75) is 25.9 Å². The maximum Gasteiger partial charge on any atom is 0.420 e. The SMILES string of the molecule is COc1ccc(NC(=O)c2ccc(C)c(Nc3ncnc4cnc(N5CCCC5)cc34)c2)cc1C(F)(F)F. The van der Waals surface area contributed by atoms with Gasteiger partial charge in [-0.1, -0.05) is 6.07 Å². The molecule has 38 heavy (non-hydrogen) atoms. The number of methoxy groups -OCH3 is 1. The molecule has 1 saturated heterocycles. The van der Waals surface area contributed by atoms with Gasteiger partial charge in [-0.15, -0.1) is 0 Å². The highest BCUT2D eigenvalue weighted by molar-refractivity contribution is 6.05. The molecule has 1 aliphatic rings. The number of fused-ring (bicyclic) bond motifs is 1. The standard InChI is InChI=1S/C27H25F3N6O2/c1-16-5-6-17(26(37)34-18-7-8-23(38-2)20(12-18)27(28,29)30)11-21(16)35-25-19-13-24(36-9-3-4-10-36)31-14-22(19)32-15-33-25/h5-8,11-15H,3-4,9-10H2,1-2H3,(H,34,37)(H,32,33,35). The van der Waals surface area contributed by atoms with Crippen molar-refractivity contribution in [3.8, 4) is 5.75 Å². The molecule has 196 valence electrons. The number of pyridine rings is 1. The minimum Gasteiger partial charge on any atom is -0.496 e. The fourth-order valence-corrected chi connectivity index (χ4v) is 4.40. The number of aryl methyl sites for hydroxylation is 1. The third-order valence-corrected chi connectivity index (χ3v) is 6.45. The van der Waals surface area contributed by atoms with Gasteiger partial charge < -0.3 is 20.3 Å². The van der Waals surface area contributed by atoms with Crippen LogP contribution in [0, 0.1) is 6.92 Å². The molecule has 0 spiro atoms.